The molecule has 0 aromatic carbocycles. The van der Waals surface area contributed by atoms with Crippen molar-refractivity contribution in [1.29, 1.82) is 0 Å². The van der Waals surface area contributed by atoms with E-state index in [0.717, 1.165) is 24.5 Å². The summed E-state index contributed by atoms with van der Waals surface area (Å²) in [5.41, 5.74) is 2.10. The lowest BCUT2D eigenvalue weighted by Crippen LogP contribution is -2.15. The van der Waals surface area contributed by atoms with Crippen LogP contribution in [0.15, 0.2) is 30.9 Å². The minimum absolute atomic E-state index is 0.717. The van der Waals surface area contributed by atoms with Gasteiger partial charge in [0.25, 0.3) is 0 Å². The fraction of sp³-hybridized carbons (Fsp3) is 0.364. The van der Waals surface area contributed by atoms with E-state index < -0.39 is 0 Å². The van der Waals surface area contributed by atoms with Gasteiger partial charge in [-0.3, -0.25) is 0 Å². The lowest BCUT2D eigenvalue weighted by atomic mass is 10.3. The summed E-state index contributed by atoms with van der Waals surface area (Å²) in [5.74, 6) is 0. The van der Waals surface area contributed by atoms with Crippen LogP contribution in [-0.4, -0.2) is 26.3 Å². The fourth-order valence-electron chi connectivity index (χ4n) is 1.48. The van der Waals surface area contributed by atoms with Gasteiger partial charge in [0.2, 0.25) is 0 Å². The Morgan fingerprint density at radius 1 is 1.44 bits per heavy atom. The topological polar surface area (TPSA) is 55.6 Å². The van der Waals surface area contributed by atoms with Crippen molar-refractivity contribution in [2.75, 3.05) is 6.54 Å². The smallest absolute Gasteiger partial charge is 0.0952 e. The van der Waals surface area contributed by atoms with Gasteiger partial charge in [-0.25, -0.2) is 4.98 Å². The Balaban J connectivity index is 2.07. The highest BCUT2D eigenvalue weighted by molar-refractivity contribution is 5.05. The molecule has 0 spiro atoms. The van der Waals surface area contributed by atoms with Crippen LogP contribution in [-0.2, 0) is 13.1 Å². The molecule has 0 amide bonds. The van der Waals surface area contributed by atoms with E-state index in [1.807, 2.05) is 24.7 Å². The normalized spacial score (nSPS) is 10.6. The lowest BCUT2D eigenvalue weighted by molar-refractivity contribution is 0.647. The standard InChI is InChI=1S/C11H15N5/c1-2-12-6-11-7-13-9-16(11)8-10-4-3-5-14-15-10/h3-5,7,9,12H,2,6,8H2,1H3. The first-order valence-electron chi connectivity index (χ1n) is 5.36. The fourth-order valence-corrected chi connectivity index (χ4v) is 1.48. The van der Waals surface area contributed by atoms with Crippen LogP contribution in [0.3, 0.4) is 0 Å². The first-order valence-corrected chi connectivity index (χ1v) is 5.36. The van der Waals surface area contributed by atoms with Crippen LogP contribution in [0.1, 0.15) is 18.3 Å². The third kappa shape index (κ3) is 2.64. The molecule has 2 aromatic heterocycles. The molecule has 0 aliphatic heterocycles. The molecule has 84 valence electrons. The largest absolute Gasteiger partial charge is 0.327 e. The van der Waals surface area contributed by atoms with Gasteiger partial charge in [-0.05, 0) is 18.7 Å². The van der Waals surface area contributed by atoms with Crippen LogP contribution in [0.4, 0.5) is 0 Å². The number of nitrogens with one attached hydrogen (secondary N) is 1. The Morgan fingerprint density at radius 3 is 3.12 bits per heavy atom. The second kappa shape index (κ2) is 5.37. The van der Waals surface area contributed by atoms with Crippen LogP contribution in [0, 0.1) is 0 Å². The molecule has 2 heterocycles. The highest BCUT2D eigenvalue weighted by atomic mass is 15.1. The Morgan fingerprint density at radius 2 is 2.38 bits per heavy atom. The van der Waals surface area contributed by atoms with Crippen molar-refractivity contribution < 1.29 is 0 Å². The summed E-state index contributed by atoms with van der Waals surface area (Å²) in [5, 5.41) is 11.2. The maximum absolute atomic E-state index is 4.15. The average Bonchev–Trinajstić information content (AvgIpc) is 2.75. The van der Waals surface area contributed by atoms with Crippen molar-refractivity contribution in [1.82, 2.24) is 25.1 Å². The number of rotatable bonds is 5. The van der Waals surface area contributed by atoms with Crippen LogP contribution in [0.5, 0.6) is 0 Å². The molecule has 0 bridgehead atoms. The molecule has 0 unspecified atom stereocenters. The Labute approximate surface area is 94.5 Å². The van der Waals surface area contributed by atoms with Gasteiger partial charge in [0.05, 0.1) is 24.3 Å². The van der Waals surface area contributed by atoms with Gasteiger partial charge in [0, 0.05) is 18.9 Å². The summed E-state index contributed by atoms with van der Waals surface area (Å²) in [6, 6.07) is 3.85. The molecular weight excluding hydrogens is 202 g/mol. The summed E-state index contributed by atoms with van der Waals surface area (Å²) in [6.45, 7) is 4.59. The van der Waals surface area contributed by atoms with Gasteiger partial charge in [-0.1, -0.05) is 6.92 Å². The second-order valence-electron chi connectivity index (χ2n) is 3.51. The Kier molecular flexibility index (Phi) is 3.61. The van der Waals surface area contributed by atoms with E-state index in [9.17, 15) is 0 Å². The predicted octanol–water partition coefficient (Wildman–Crippen LogP) is 0.831. The molecule has 0 saturated carbocycles. The van der Waals surface area contributed by atoms with Crippen LogP contribution in [0.25, 0.3) is 0 Å². The zero-order valence-corrected chi connectivity index (χ0v) is 9.30. The second-order valence-corrected chi connectivity index (χ2v) is 3.51. The molecule has 5 nitrogen and oxygen atoms in total. The molecule has 0 fully saturated rings. The van der Waals surface area contributed by atoms with Gasteiger partial charge in [0.15, 0.2) is 0 Å². The van der Waals surface area contributed by atoms with Crippen molar-refractivity contribution in [3.8, 4) is 0 Å². The van der Waals surface area contributed by atoms with E-state index in [1.54, 1.807) is 6.20 Å². The number of aromatic nitrogens is 4. The highest BCUT2D eigenvalue weighted by Gasteiger charge is 2.02. The van der Waals surface area contributed by atoms with Gasteiger partial charge < -0.3 is 9.88 Å². The SMILES string of the molecule is CCNCc1cncn1Cc1cccnn1. The minimum atomic E-state index is 0.717. The number of hydrogen-bond acceptors (Lipinski definition) is 4. The van der Waals surface area contributed by atoms with E-state index in [0.29, 0.717) is 6.54 Å². The summed E-state index contributed by atoms with van der Waals surface area (Å²) in [4.78, 5) is 4.15. The molecule has 2 rings (SSSR count). The lowest BCUT2D eigenvalue weighted by Gasteiger charge is -2.07. The molecule has 0 atom stereocenters. The zero-order chi connectivity index (χ0) is 11.2. The first kappa shape index (κ1) is 10.8. The first-order chi connectivity index (χ1) is 7.90. The van der Waals surface area contributed by atoms with Gasteiger partial charge in [-0.2, -0.15) is 10.2 Å². The summed E-state index contributed by atoms with van der Waals surface area (Å²) >= 11 is 0. The maximum Gasteiger partial charge on any atom is 0.0952 e. The quantitative estimate of drug-likeness (QED) is 0.806. The molecule has 0 saturated heterocycles. The maximum atomic E-state index is 4.15. The molecular formula is C11H15N5. The van der Waals surface area contributed by atoms with Gasteiger partial charge >= 0.3 is 0 Å². The van der Waals surface area contributed by atoms with Crippen LogP contribution in [0.2, 0.25) is 0 Å². The van der Waals surface area contributed by atoms with E-state index in [-0.39, 0.29) is 0 Å². The minimum Gasteiger partial charge on any atom is -0.327 e. The Hall–Kier alpha value is -1.75. The van der Waals surface area contributed by atoms with Gasteiger partial charge in [-0.15, -0.1) is 0 Å². The van der Waals surface area contributed by atoms with E-state index >= 15 is 0 Å². The molecule has 1 N–H and O–H groups in total. The number of nitrogens with zero attached hydrogens (tertiary/aromatic N) is 4. The summed E-state index contributed by atoms with van der Waals surface area (Å²) < 4.78 is 2.08. The average molecular weight is 217 g/mol. The number of imidazole rings is 1. The third-order valence-corrected chi connectivity index (χ3v) is 2.31. The Bertz CT molecular complexity index is 423. The molecule has 0 aliphatic rings. The van der Waals surface area contributed by atoms with Crippen molar-refractivity contribution in [3.05, 3.63) is 42.2 Å². The van der Waals surface area contributed by atoms with E-state index in [4.69, 9.17) is 0 Å². The van der Waals surface area contributed by atoms with Crippen molar-refractivity contribution in [3.63, 3.8) is 0 Å². The third-order valence-electron chi connectivity index (χ3n) is 2.31. The molecule has 0 aliphatic carbocycles. The predicted molar refractivity (Wildman–Crippen MR) is 60.7 cm³/mol. The van der Waals surface area contributed by atoms with Crippen LogP contribution < -0.4 is 5.32 Å². The molecule has 16 heavy (non-hydrogen) atoms. The van der Waals surface area contributed by atoms with Crippen molar-refractivity contribution in [2.24, 2.45) is 0 Å². The van der Waals surface area contributed by atoms with Crippen LogP contribution >= 0.6 is 0 Å². The van der Waals surface area contributed by atoms with E-state index in [2.05, 4.69) is 32.0 Å². The summed E-state index contributed by atoms with van der Waals surface area (Å²) in [7, 11) is 0. The highest BCUT2D eigenvalue weighted by Crippen LogP contribution is 2.02. The molecule has 0 radical (unpaired) electrons. The zero-order valence-electron chi connectivity index (χ0n) is 9.30. The molecule has 5 heteroatoms. The molecule has 2 aromatic rings. The monoisotopic (exact) mass is 217 g/mol. The van der Waals surface area contributed by atoms with E-state index in [1.165, 1.54) is 0 Å². The number of hydrogen-bond donors (Lipinski definition) is 1. The van der Waals surface area contributed by atoms with Crippen molar-refractivity contribution >= 4 is 0 Å². The van der Waals surface area contributed by atoms with Crippen molar-refractivity contribution in [2.45, 2.75) is 20.0 Å². The van der Waals surface area contributed by atoms with Gasteiger partial charge in [0.1, 0.15) is 0 Å². The summed E-state index contributed by atoms with van der Waals surface area (Å²) in [6.07, 6.45) is 5.37.